The highest BCUT2D eigenvalue weighted by Crippen LogP contribution is 2.33. The first-order valence-corrected chi connectivity index (χ1v) is 7.10. The van der Waals surface area contributed by atoms with Gasteiger partial charge in [-0.05, 0) is 19.1 Å². The summed E-state index contributed by atoms with van der Waals surface area (Å²) in [6, 6.07) is 6.86. The first-order chi connectivity index (χ1) is 9.06. The second-order valence-electron chi connectivity index (χ2n) is 3.72. The van der Waals surface area contributed by atoms with Crippen LogP contribution in [-0.2, 0) is 4.79 Å². The molecule has 0 saturated carbocycles. The Morgan fingerprint density at radius 3 is 2.68 bits per heavy atom. The summed E-state index contributed by atoms with van der Waals surface area (Å²) in [6.45, 7) is 1.78. The summed E-state index contributed by atoms with van der Waals surface area (Å²) in [5.41, 5.74) is 0.706. The van der Waals surface area contributed by atoms with E-state index in [1.54, 1.807) is 31.2 Å². The van der Waals surface area contributed by atoms with Gasteiger partial charge < -0.3 is 4.52 Å². The molecule has 0 aliphatic heterocycles. The van der Waals surface area contributed by atoms with Crippen molar-refractivity contribution in [2.75, 3.05) is 11.1 Å². The Balaban J connectivity index is 1.93. The first kappa shape index (κ1) is 14.2. The maximum atomic E-state index is 11.7. The fraction of sp³-hybridized carbons (Fsp3) is 0.167. The van der Waals surface area contributed by atoms with E-state index in [0.717, 1.165) is 0 Å². The molecule has 1 amide bonds. The van der Waals surface area contributed by atoms with E-state index >= 15 is 0 Å². The Morgan fingerprint density at radius 2 is 2.11 bits per heavy atom. The molecular formula is C12H10Cl2N2O2S. The third kappa shape index (κ3) is 3.89. The van der Waals surface area contributed by atoms with Gasteiger partial charge >= 0.3 is 0 Å². The van der Waals surface area contributed by atoms with E-state index in [4.69, 9.17) is 27.7 Å². The third-order valence-electron chi connectivity index (χ3n) is 2.16. The normalized spacial score (nSPS) is 10.5. The van der Waals surface area contributed by atoms with E-state index in [0.29, 0.717) is 26.5 Å². The fourth-order valence-electron chi connectivity index (χ4n) is 1.35. The third-order valence-corrected chi connectivity index (χ3v) is 4.15. The van der Waals surface area contributed by atoms with Crippen LogP contribution in [0, 0.1) is 6.92 Å². The Hall–Kier alpha value is -1.17. The number of thioether (sulfide) groups is 1. The van der Waals surface area contributed by atoms with Crippen molar-refractivity contribution in [3.63, 3.8) is 0 Å². The molecule has 100 valence electrons. The van der Waals surface area contributed by atoms with Crippen LogP contribution < -0.4 is 5.32 Å². The number of halogens is 2. The fourth-order valence-corrected chi connectivity index (χ4v) is 2.84. The number of aryl methyl sites for hydroxylation is 1. The van der Waals surface area contributed by atoms with Crippen LogP contribution in [0.3, 0.4) is 0 Å². The lowest BCUT2D eigenvalue weighted by Crippen LogP contribution is -2.13. The highest BCUT2D eigenvalue weighted by molar-refractivity contribution is 8.00. The van der Waals surface area contributed by atoms with E-state index in [1.165, 1.54) is 11.8 Å². The van der Waals surface area contributed by atoms with Crippen LogP contribution in [0.5, 0.6) is 0 Å². The summed E-state index contributed by atoms with van der Waals surface area (Å²) in [6.07, 6.45) is 0. The van der Waals surface area contributed by atoms with E-state index in [2.05, 4.69) is 10.5 Å². The number of hydrogen-bond acceptors (Lipinski definition) is 4. The molecule has 0 aliphatic rings. The number of rotatable bonds is 4. The van der Waals surface area contributed by atoms with Crippen molar-refractivity contribution in [2.24, 2.45) is 0 Å². The largest absolute Gasteiger partial charge is 0.338 e. The molecule has 0 unspecified atom stereocenters. The number of aromatic nitrogens is 1. The summed E-state index contributed by atoms with van der Waals surface area (Å²) in [7, 11) is 0. The minimum atomic E-state index is -0.211. The van der Waals surface area contributed by atoms with Crippen molar-refractivity contribution in [1.82, 2.24) is 5.16 Å². The van der Waals surface area contributed by atoms with E-state index in [9.17, 15) is 4.79 Å². The molecule has 7 heteroatoms. The van der Waals surface area contributed by atoms with Gasteiger partial charge in [-0.25, -0.2) is 0 Å². The molecule has 0 saturated heterocycles. The first-order valence-electron chi connectivity index (χ1n) is 5.36. The molecular weight excluding hydrogens is 307 g/mol. The molecule has 1 N–H and O–H groups in total. The Bertz CT molecular complexity index is 581. The van der Waals surface area contributed by atoms with Crippen LogP contribution in [0.1, 0.15) is 5.69 Å². The second-order valence-corrected chi connectivity index (χ2v) is 5.52. The topological polar surface area (TPSA) is 55.1 Å². The zero-order valence-electron chi connectivity index (χ0n) is 9.94. The van der Waals surface area contributed by atoms with Gasteiger partial charge in [-0.2, -0.15) is 0 Å². The van der Waals surface area contributed by atoms with Crippen LogP contribution in [0.2, 0.25) is 10.0 Å². The van der Waals surface area contributed by atoms with Crippen LogP contribution in [0.15, 0.2) is 33.7 Å². The Kier molecular flexibility index (Phi) is 4.74. The summed E-state index contributed by atoms with van der Waals surface area (Å²) in [5.74, 6) is 0.300. The highest BCUT2D eigenvalue weighted by atomic mass is 35.5. The number of nitrogens with zero attached hydrogens (tertiary/aromatic N) is 1. The zero-order chi connectivity index (χ0) is 13.8. The molecule has 4 nitrogen and oxygen atoms in total. The minimum Gasteiger partial charge on any atom is -0.338 e. The number of carbonyl (C=O) groups excluding carboxylic acids is 1. The van der Waals surface area contributed by atoms with Gasteiger partial charge in [0.05, 0.1) is 21.5 Å². The molecule has 2 rings (SSSR count). The SMILES string of the molecule is Cc1cc(NC(=O)CSc2c(Cl)cccc2Cl)on1. The van der Waals surface area contributed by atoms with Crippen LogP contribution in [0.4, 0.5) is 5.88 Å². The van der Waals surface area contributed by atoms with E-state index < -0.39 is 0 Å². The molecule has 0 radical (unpaired) electrons. The maximum Gasteiger partial charge on any atom is 0.237 e. The molecule has 1 heterocycles. The Labute approximate surface area is 124 Å². The summed E-state index contributed by atoms with van der Waals surface area (Å²) < 4.78 is 4.89. The zero-order valence-corrected chi connectivity index (χ0v) is 12.3. The summed E-state index contributed by atoms with van der Waals surface area (Å²) in [4.78, 5) is 12.4. The van der Waals surface area contributed by atoms with Crippen LogP contribution in [0.25, 0.3) is 0 Å². The van der Waals surface area contributed by atoms with Gasteiger partial charge in [-0.3, -0.25) is 10.1 Å². The van der Waals surface area contributed by atoms with Crippen molar-refractivity contribution in [3.8, 4) is 0 Å². The van der Waals surface area contributed by atoms with Crippen LogP contribution in [-0.4, -0.2) is 16.8 Å². The predicted octanol–water partition coefficient (Wildman–Crippen LogP) is 4.02. The smallest absolute Gasteiger partial charge is 0.237 e. The number of hydrogen-bond donors (Lipinski definition) is 1. The van der Waals surface area contributed by atoms with E-state index in [-0.39, 0.29) is 11.7 Å². The molecule has 0 bridgehead atoms. The van der Waals surface area contributed by atoms with Gasteiger partial charge in [0.1, 0.15) is 0 Å². The molecule has 2 aromatic rings. The second kappa shape index (κ2) is 6.32. The average molecular weight is 317 g/mol. The molecule has 19 heavy (non-hydrogen) atoms. The van der Waals surface area contributed by atoms with Crippen molar-refractivity contribution >= 4 is 46.8 Å². The van der Waals surface area contributed by atoms with Crippen molar-refractivity contribution in [3.05, 3.63) is 40.0 Å². The highest BCUT2D eigenvalue weighted by Gasteiger charge is 2.11. The minimum absolute atomic E-state index is 0.184. The average Bonchev–Trinajstić information content (AvgIpc) is 2.74. The van der Waals surface area contributed by atoms with Gasteiger partial charge in [0, 0.05) is 11.0 Å². The van der Waals surface area contributed by atoms with Gasteiger partial charge in [-0.15, -0.1) is 11.8 Å². The number of nitrogens with one attached hydrogen (secondary N) is 1. The predicted molar refractivity (Wildman–Crippen MR) is 77.1 cm³/mol. The van der Waals surface area contributed by atoms with Gasteiger partial charge in [0.2, 0.25) is 11.8 Å². The molecule has 1 aromatic carbocycles. The summed E-state index contributed by atoms with van der Waals surface area (Å²) in [5, 5.41) is 7.33. The summed E-state index contributed by atoms with van der Waals surface area (Å²) >= 11 is 13.3. The van der Waals surface area contributed by atoms with Crippen molar-refractivity contribution in [2.45, 2.75) is 11.8 Å². The molecule has 0 fully saturated rings. The van der Waals surface area contributed by atoms with Crippen LogP contribution >= 0.6 is 35.0 Å². The number of anilines is 1. The molecule has 0 atom stereocenters. The standard InChI is InChI=1S/C12H10Cl2N2O2S/c1-7-5-11(18-16-7)15-10(17)6-19-12-8(13)3-2-4-9(12)14/h2-5H,6H2,1H3,(H,15,17). The lowest BCUT2D eigenvalue weighted by molar-refractivity contribution is -0.113. The maximum absolute atomic E-state index is 11.7. The molecule has 0 spiro atoms. The van der Waals surface area contributed by atoms with Gasteiger partial charge in [0.25, 0.3) is 0 Å². The van der Waals surface area contributed by atoms with E-state index in [1.807, 2.05) is 0 Å². The number of amides is 1. The molecule has 1 aromatic heterocycles. The lowest BCUT2D eigenvalue weighted by Gasteiger charge is -2.05. The van der Waals surface area contributed by atoms with Gasteiger partial charge in [-0.1, -0.05) is 34.4 Å². The lowest BCUT2D eigenvalue weighted by atomic mass is 10.4. The van der Waals surface area contributed by atoms with Gasteiger partial charge in [0.15, 0.2) is 0 Å². The van der Waals surface area contributed by atoms with Crippen molar-refractivity contribution < 1.29 is 9.32 Å². The Morgan fingerprint density at radius 1 is 1.42 bits per heavy atom. The van der Waals surface area contributed by atoms with Crippen molar-refractivity contribution in [1.29, 1.82) is 0 Å². The monoisotopic (exact) mass is 316 g/mol. The number of carbonyl (C=O) groups is 1. The number of benzene rings is 1. The quantitative estimate of drug-likeness (QED) is 0.865. The molecule has 0 aliphatic carbocycles.